The van der Waals surface area contributed by atoms with Crippen molar-refractivity contribution in [2.24, 2.45) is 0 Å². The van der Waals surface area contributed by atoms with Crippen molar-refractivity contribution in [1.29, 1.82) is 0 Å². The maximum Gasteiger partial charge on any atom is 0.326 e. The number of rotatable bonds is 5. The van der Waals surface area contributed by atoms with Crippen molar-refractivity contribution in [3.8, 4) is 5.82 Å². The van der Waals surface area contributed by atoms with Gasteiger partial charge in [0.2, 0.25) is 5.91 Å². The van der Waals surface area contributed by atoms with Gasteiger partial charge < -0.3 is 10.2 Å². The number of carbonyl (C=O) groups excluding carboxylic acids is 3. The molecule has 130 valence electrons. The number of pyridine rings is 1. The van der Waals surface area contributed by atoms with Gasteiger partial charge in [-0.3, -0.25) is 19.1 Å². The van der Waals surface area contributed by atoms with Crippen LogP contribution in [0, 0.1) is 0 Å². The highest BCUT2D eigenvalue weighted by atomic mass is 16.2. The molecule has 0 radical (unpaired) electrons. The Morgan fingerprint density at radius 1 is 1.28 bits per heavy atom. The molecule has 0 spiro atoms. The molecule has 1 saturated heterocycles. The summed E-state index contributed by atoms with van der Waals surface area (Å²) in [6, 6.07) is 2.47. The molecular formula is C16H18N6O3. The van der Waals surface area contributed by atoms with Crippen LogP contribution in [0.5, 0.6) is 0 Å². The highest BCUT2D eigenvalue weighted by Crippen LogP contribution is 2.17. The first kappa shape index (κ1) is 16.6. The zero-order valence-electron chi connectivity index (χ0n) is 13.9. The van der Waals surface area contributed by atoms with Gasteiger partial charge in [-0.05, 0) is 6.07 Å². The summed E-state index contributed by atoms with van der Waals surface area (Å²) in [6.45, 7) is 0.259. The topological polar surface area (TPSA) is 100 Å². The number of imidazole rings is 1. The second-order valence-corrected chi connectivity index (χ2v) is 5.74. The Morgan fingerprint density at radius 2 is 2.08 bits per heavy atom. The fourth-order valence-electron chi connectivity index (χ4n) is 2.70. The van der Waals surface area contributed by atoms with Crippen molar-refractivity contribution in [3.05, 3.63) is 42.6 Å². The Labute approximate surface area is 144 Å². The average Bonchev–Trinajstić information content (AvgIpc) is 3.21. The molecular weight excluding hydrogens is 324 g/mol. The predicted molar refractivity (Wildman–Crippen MR) is 87.5 cm³/mol. The summed E-state index contributed by atoms with van der Waals surface area (Å²) in [5, 5.41) is 2.78. The van der Waals surface area contributed by atoms with E-state index in [0.717, 1.165) is 10.5 Å². The molecule has 0 aromatic carbocycles. The first-order chi connectivity index (χ1) is 12.0. The summed E-state index contributed by atoms with van der Waals surface area (Å²) in [5.41, 5.74) is 0.813. The maximum atomic E-state index is 12.2. The standard InChI is InChI=1S/C16H18N6O3/c1-20-12(15(24)21(2)16(20)25)8-13(23)19-9-11-4-3-5-18-14(11)22-7-6-17-10-22/h3-7,10,12H,8-9H2,1-2H3,(H,19,23). The number of carbonyl (C=O) groups is 3. The minimum atomic E-state index is -0.764. The Bertz CT molecular complexity index is 804. The van der Waals surface area contributed by atoms with E-state index in [1.54, 1.807) is 35.6 Å². The van der Waals surface area contributed by atoms with E-state index in [9.17, 15) is 14.4 Å². The van der Waals surface area contributed by atoms with E-state index in [1.165, 1.54) is 19.0 Å². The molecule has 1 aliphatic rings. The number of nitrogens with zero attached hydrogens (tertiary/aromatic N) is 5. The number of aromatic nitrogens is 3. The second-order valence-electron chi connectivity index (χ2n) is 5.74. The lowest BCUT2D eigenvalue weighted by molar-refractivity contribution is -0.131. The van der Waals surface area contributed by atoms with Crippen molar-refractivity contribution < 1.29 is 14.4 Å². The van der Waals surface area contributed by atoms with Gasteiger partial charge >= 0.3 is 6.03 Å². The minimum absolute atomic E-state index is 0.0773. The third kappa shape index (κ3) is 3.21. The van der Waals surface area contributed by atoms with Crippen LogP contribution in [-0.4, -0.2) is 62.3 Å². The summed E-state index contributed by atoms with van der Waals surface area (Å²) in [5.74, 6) is -0.0128. The van der Waals surface area contributed by atoms with Crippen LogP contribution < -0.4 is 5.32 Å². The van der Waals surface area contributed by atoms with Crippen LogP contribution >= 0.6 is 0 Å². The molecule has 0 bridgehead atoms. The van der Waals surface area contributed by atoms with E-state index in [-0.39, 0.29) is 24.8 Å². The van der Waals surface area contributed by atoms with Gasteiger partial charge in [-0.2, -0.15) is 0 Å². The molecule has 1 N–H and O–H groups in total. The number of hydrogen-bond acceptors (Lipinski definition) is 5. The number of imide groups is 1. The summed E-state index contributed by atoms with van der Waals surface area (Å²) >= 11 is 0. The summed E-state index contributed by atoms with van der Waals surface area (Å²) in [7, 11) is 2.92. The molecule has 2 aromatic rings. The largest absolute Gasteiger partial charge is 0.352 e. The van der Waals surface area contributed by atoms with E-state index in [1.807, 2.05) is 6.07 Å². The molecule has 1 aliphatic heterocycles. The molecule has 2 aromatic heterocycles. The third-order valence-electron chi connectivity index (χ3n) is 4.14. The summed E-state index contributed by atoms with van der Waals surface area (Å²) in [4.78, 5) is 46.6. The average molecular weight is 342 g/mol. The molecule has 9 nitrogen and oxygen atoms in total. The van der Waals surface area contributed by atoms with Crippen molar-refractivity contribution in [3.63, 3.8) is 0 Å². The molecule has 4 amide bonds. The van der Waals surface area contributed by atoms with Gasteiger partial charge in [0.05, 0.1) is 6.42 Å². The number of amides is 4. The second kappa shape index (κ2) is 6.71. The van der Waals surface area contributed by atoms with E-state index in [2.05, 4.69) is 15.3 Å². The molecule has 1 unspecified atom stereocenters. The lowest BCUT2D eigenvalue weighted by atomic mass is 10.1. The molecule has 0 saturated carbocycles. The Kier molecular flexibility index (Phi) is 4.46. The van der Waals surface area contributed by atoms with Crippen molar-refractivity contribution >= 4 is 17.8 Å². The van der Waals surface area contributed by atoms with Crippen molar-refractivity contribution in [2.75, 3.05) is 14.1 Å². The number of nitrogens with one attached hydrogen (secondary N) is 1. The van der Waals surface area contributed by atoms with Gasteiger partial charge in [0.15, 0.2) is 0 Å². The predicted octanol–water partition coefficient (Wildman–Crippen LogP) is 0.166. The molecule has 0 aliphatic carbocycles. The lowest BCUT2D eigenvalue weighted by Gasteiger charge is -2.16. The monoisotopic (exact) mass is 342 g/mol. The molecule has 9 heteroatoms. The maximum absolute atomic E-state index is 12.2. The Hall–Kier alpha value is -3.23. The van der Waals surface area contributed by atoms with Gasteiger partial charge in [0.25, 0.3) is 5.91 Å². The van der Waals surface area contributed by atoms with Crippen LogP contribution in [0.2, 0.25) is 0 Å². The molecule has 3 rings (SSSR count). The van der Waals surface area contributed by atoms with Crippen LogP contribution in [0.25, 0.3) is 5.82 Å². The van der Waals surface area contributed by atoms with Gasteiger partial charge in [-0.25, -0.2) is 14.8 Å². The van der Waals surface area contributed by atoms with E-state index < -0.39 is 12.1 Å². The smallest absolute Gasteiger partial charge is 0.326 e. The fraction of sp³-hybridized carbons (Fsp3) is 0.312. The van der Waals surface area contributed by atoms with Crippen molar-refractivity contribution in [1.82, 2.24) is 29.7 Å². The van der Waals surface area contributed by atoms with E-state index in [0.29, 0.717) is 5.82 Å². The first-order valence-electron chi connectivity index (χ1n) is 7.72. The Morgan fingerprint density at radius 3 is 2.72 bits per heavy atom. The van der Waals surface area contributed by atoms with Gasteiger partial charge in [0, 0.05) is 44.8 Å². The Balaban J connectivity index is 1.64. The fourth-order valence-corrected chi connectivity index (χ4v) is 2.70. The number of urea groups is 1. The number of likely N-dealkylation sites (N-methyl/N-ethyl adjacent to an activating group) is 2. The normalized spacial score (nSPS) is 17.3. The summed E-state index contributed by atoms with van der Waals surface area (Å²) in [6.07, 6.45) is 6.62. The third-order valence-corrected chi connectivity index (χ3v) is 4.14. The van der Waals surface area contributed by atoms with Crippen LogP contribution in [0.1, 0.15) is 12.0 Å². The minimum Gasteiger partial charge on any atom is -0.352 e. The molecule has 1 fully saturated rings. The van der Waals surface area contributed by atoms with Crippen LogP contribution in [-0.2, 0) is 16.1 Å². The van der Waals surface area contributed by atoms with E-state index >= 15 is 0 Å². The van der Waals surface area contributed by atoms with Gasteiger partial charge in [-0.1, -0.05) is 6.07 Å². The lowest BCUT2D eigenvalue weighted by Crippen LogP contribution is -2.37. The van der Waals surface area contributed by atoms with Crippen LogP contribution in [0.3, 0.4) is 0 Å². The quantitative estimate of drug-likeness (QED) is 0.781. The van der Waals surface area contributed by atoms with E-state index in [4.69, 9.17) is 0 Å². The summed E-state index contributed by atoms with van der Waals surface area (Å²) < 4.78 is 1.75. The van der Waals surface area contributed by atoms with Gasteiger partial charge in [-0.15, -0.1) is 0 Å². The highest BCUT2D eigenvalue weighted by molar-refractivity contribution is 6.05. The highest BCUT2D eigenvalue weighted by Gasteiger charge is 2.41. The zero-order chi connectivity index (χ0) is 18.0. The van der Waals surface area contributed by atoms with Crippen molar-refractivity contribution in [2.45, 2.75) is 19.0 Å². The molecule has 25 heavy (non-hydrogen) atoms. The van der Waals surface area contributed by atoms with Crippen LogP contribution in [0.4, 0.5) is 4.79 Å². The van der Waals surface area contributed by atoms with Crippen LogP contribution in [0.15, 0.2) is 37.1 Å². The first-order valence-corrected chi connectivity index (χ1v) is 7.72. The zero-order valence-corrected chi connectivity index (χ0v) is 13.9. The van der Waals surface area contributed by atoms with Gasteiger partial charge in [0.1, 0.15) is 18.2 Å². The molecule has 3 heterocycles. The SMILES string of the molecule is CN1C(=O)C(CC(=O)NCc2cccnc2-n2ccnc2)N(C)C1=O. The molecule has 1 atom stereocenters. The number of hydrogen-bond donors (Lipinski definition) is 1.